The predicted octanol–water partition coefficient (Wildman–Crippen LogP) is 4.29. The van der Waals surface area contributed by atoms with Crippen molar-refractivity contribution in [3.8, 4) is 5.75 Å². The Balaban J connectivity index is 1.86. The summed E-state index contributed by atoms with van der Waals surface area (Å²) < 4.78 is 6.46. The van der Waals surface area contributed by atoms with Crippen molar-refractivity contribution in [2.24, 2.45) is 0 Å². The predicted molar refractivity (Wildman–Crippen MR) is 101 cm³/mol. The van der Waals surface area contributed by atoms with Crippen molar-refractivity contribution in [1.82, 2.24) is 9.97 Å². The molecule has 2 aromatic heterocycles. The van der Waals surface area contributed by atoms with Gasteiger partial charge in [-0.25, -0.2) is 0 Å². The molecule has 1 N–H and O–H groups in total. The van der Waals surface area contributed by atoms with E-state index < -0.39 is 0 Å². The van der Waals surface area contributed by atoms with Crippen molar-refractivity contribution in [2.75, 3.05) is 0 Å². The maximum absolute atomic E-state index is 9.78. The minimum absolute atomic E-state index is 0.162. The van der Waals surface area contributed by atoms with E-state index in [2.05, 4.69) is 9.97 Å². The fraction of sp³-hybridized carbons (Fsp3) is 0.0909. The van der Waals surface area contributed by atoms with Crippen molar-refractivity contribution in [1.29, 1.82) is 0 Å². The number of aliphatic hydroxyl groups excluding tert-OH is 1. The summed E-state index contributed by atoms with van der Waals surface area (Å²) in [5.74, 6) is 0.566. The molecule has 4 aromatic rings. The van der Waals surface area contributed by atoms with Gasteiger partial charge in [0.2, 0.25) is 0 Å². The SMILES string of the molecule is OCc1cnc2cccnc2c1OC(c1ccccc1)c1ccccc1. The Morgan fingerprint density at radius 1 is 0.808 bits per heavy atom. The molecular formula is C22H18N2O2. The minimum atomic E-state index is -0.310. The summed E-state index contributed by atoms with van der Waals surface area (Å²) in [5.41, 5.74) is 4.07. The van der Waals surface area contributed by atoms with E-state index in [9.17, 15) is 5.11 Å². The second kappa shape index (κ2) is 7.33. The number of aliphatic hydroxyl groups is 1. The van der Waals surface area contributed by atoms with E-state index in [1.54, 1.807) is 12.4 Å². The highest BCUT2D eigenvalue weighted by Gasteiger charge is 2.20. The summed E-state index contributed by atoms with van der Waals surface area (Å²) in [5, 5.41) is 9.78. The van der Waals surface area contributed by atoms with Crippen molar-refractivity contribution in [3.63, 3.8) is 0 Å². The number of hydrogen-bond acceptors (Lipinski definition) is 4. The highest BCUT2D eigenvalue weighted by atomic mass is 16.5. The number of aromatic nitrogens is 2. The number of pyridine rings is 2. The van der Waals surface area contributed by atoms with Gasteiger partial charge in [0.05, 0.1) is 12.1 Å². The van der Waals surface area contributed by atoms with Crippen LogP contribution in [0.3, 0.4) is 0 Å². The van der Waals surface area contributed by atoms with Gasteiger partial charge in [-0.1, -0.05) is 60.7 Å². The lowest BCUT2D eigenvalue weighted by Gasteiger charge is -2.22. The number of hydrogen-bond donors (Lipinski definition) is 1. The second-order valence-electron chi connectivity index (χ2n) is 5.96. The van der Waals surface area contributed by atoms with Crippen LogP contribution in [0.15, 0.2) is 85.2 Å². The molecule has 0 atom stereocenters. The van der Waals surface area contributed by atoms with Gasteiger partial charge in [-0.15, -0.1) is 0 Å². The van der Waals surface area contributed by atoms with Gasteiger partial charge in [-0.2, -0.15) is 0 Å². The first-order chi connectivity index (χ1) is 12.9. The third-order valence-electron chi connectivity index (χ3n) is 4.26. The normalized spacial score (nSPS) is 11.0. The van der Waals surface area contributed by atoms with E-state index in [1.165, 1.54) is 0 Å². The van der Waals surface area contributed by atoms with Crippen LogP contribution in [0.25, 0.3) is 11.0 Å². The van der Waals surface area contributed by atoms with Crippen LogP contribution in [0.5, 0.6) is 5.75 Å². The first kappa shape index (κ1) is 16.2. The summed E-state index contributed by atoms with van der Waals surface area (Å²) in [6.07, 6.45) is 3.04. The first-order valence-electron chi connectivity index (χ1n) is 8.47. The fourth-order valence-corrected chi connectivity index (χ4v) is 2.98. The van der Waals surface area contributed by atoms with Crippen molar-refractivity contribution in [3.05, 3.63) is 102 Å². The fourth-order valence-electron chi connectivity index (χ4n) is 2.98. The topological polar surface area (TPSA) is 55.2 Å². The van der Waals surface area contributed by atoms with Gasteiger partial charge < -0.3 is 9.84 Å². The molecule has 0 aliphatic rings. The van der Waals surface area contributed by atoms with E-state index in [1.807, 2.05) is 72.8 Å². The van der Waals surface area contributed by atoms with Gasteiger partial charge in [-0.05, 0) is 23.3 Å². The van der Waals surface area contributed by atoms with Crippen LogP contribution in [-0.4, -0.2) is 15.1 Å². The van der Waals surface area contributed by atoms with Crippen LogP contribution in [0, 0.1) is 0 Å². The number of nitrogens with zero attached hydrogens (tertiary/aromatic N) is 2. The Labute approximate surface area is 151 Å². The molecule has 0 aliphatic carbocycles. The van der Waals surface area contributed by atoms with Crippen molar-refractivity contribution < 1.29 is 9.84 Å². The molecule has 4 nitrogen and oxygen atoms in total. The first-order valence-corrected chi connectivity index (χ1v) is 8.47. The molecule has 0 unspecified atom stereocenters. The summed E-state index contributed by atoms with van der Waals surface area (Å²) >= 11 is 0. The molecule has 0 spiro atoms. The molecule has 0 saturated heterocycles. The second-order valence-corrected chi connectivity index (χ2v) is 5.96. The van der Waals surface area contributed by atoms with Gasteiger partial charge in [0.25, 0.3) is 0 Å². The molecular weight excluding hydrogens is 324 g/mol. The van der Waals surface area contributed by atoms with E-state index in [-0.39, 0.29) is 12.7 Å². The molecule has 26 heavy (non-hydrogen) atoms. The van der Waals surface area contributed by atoms with Crippen molar-refractivity contribution >= 4 is 11.0 Å². The standard InChI is InChI=1S/C22H18N2O2/c25-15-18-14-24-19-12-7-13-23-20(19)22(18)26-21(16-8-3-1-4-9-16)17-10-5-2-6-11-17/h1-14,21,25H,15H2. The van der Waals surface area contributed by atoms with Crippen LogP contribution >= 0.6 is 0 Å². The van der Waals surface area contributed by atoms with E-state index in [4.69, 9.17) is 4.74 Å². The molecule has 0 fully saturated rings. The number of ether oxygens (including phenoxy) is 1. The molecule has 0 radical (unpaired) electrons. The monoisotopic (exact) mass is 342 g/mol. The van der Waals surface area contributed by atoms with E-state index in [0.717, 1.165) is 16.6 Å². The van der Waals surface area contributed by atoms with Gasteiger partial charge in [-0.3, -0.25) is 9.97 Å². The maximum Gasteiger partial charge on any atom is 0.155 e. The van der Waals surface area contributed by atoms with Crippen LogP contribution in [-0.2, 0) is 6.61 Å². The van der Waals surface area contributed by atoms with Crippen LogP contribution in [0.4, 0.5) is 0 Å². The molecule has 0 bridgehead atoms. The summed E-state index contributed by atoms with van der Waals surface area (Å²) in [4.78, 5) is 8.79. The van der Waals surface area contributed by atoms with Crippen LogP contribution in [0.2, 0.25) is 0 Å². The molecule has 128 valence electrons. The lowest BCUT2D eigenvalue weighted by Crippen LogP contribution is -2.11. The summed E-state index contributed by atoms with van der Waals surface area (Å²) in [6, 6.07) is 23.8. The smallest absolute Gasteiger partial charge is 0.155 e. The van der Waals surface area contributed by atoms with E-state index in [0.29, 0.717) is 16.8 Å². The van der Waals surface area contributed by atoms with Crippen LogP contribution in [0.1, 0.15) is 22.8 Å². The average Bonchev–Trinajstić information content (AvgIpc) is 2.73. The van der Waals surface area contributed by atoms with E-state index >= 15 is 0 Å². The average molecular weight is 342 g/mol. The maximum atomic E-state index is 9.78. The highest BCUT2D eigenvalue weighted by Crippen LogP contribution is 2.34. The molecule has 4 heteroatoms. The van der Waals surface area contributed by atoms with Crippen LogP contribution < -0.4 is 4.74 Å². The highest BCUT2D eigenvalue weighted by molar-refractivity contribution is 5.81. The number of rotatable bonds is 5. The van der Waals surface area contributed by atoms with Gasteiger partial charge in [0.1, 0.15) is 11.6 Å². The number of fused-ring (bicyclic) bond motifs is 1. The Bertz CT molecular complexity index is 965. The summed E-state index contributed by atoms with van der Waals surface area (Å²) in [6.45, 7) is -0.162. The quantitative estimate of drug-likeness (QED) is 0.588. The molecule has 0 aliphatic heterocycles. The molecule has 0 saturated carbocycles. The molecule has 4 rings (SSSR count). The van der Waals surface area contributed by atoms with Gasteiger partial charge in [0, 0.05) is 18.0 Å². The Hall–Kier alpha value is -3.24. The largest absolute Gasteiger partial charge is 0.478 e. The zero-order valence-electron chi connectivity index (χ0n) is 14.1. The van der Waals surface area contributed by atoms with Crippen molar-refractivity contribution in [2.45, 2.75) is 12.7 Å². The zero-order valence-corrected chi connectivity index (χ0v) is 14.1. The summed E-state index contributed by atoms with van der Waals surface area (Å²) in [7, 11) is 0. The zero-order chi connectivity index (χ0) is 17.8. The third kappa shape index (κ3) is 3.15. The Kier molecular flexibility index (Phi) is 4.58. The lowest BCUT2D eigenvalue weighted by atomic mass is 10.0. The Morgan fingerprint density at radius 2 is 1.46 bits per heavy atom. The Morgan fingerprint density at radius 3 is 2.08 bits per heavy atom. The van der Waals surface area contributed by atoms with Gasteiger partial charge in [0.15, 0.2) is 5.75 Å². The number of benzene rings is 2. The molecule has 0 amide bonds. The third-order valence-corrected chi connectivity index (χ3v) is 4.26. The van der Waals surface area contributed by atoms with Gasteiger partial charge >= 0.3 is 0 Å². The lowest BCUT2D eigenvalue weighted by molar-refractivity contribution is 0.231. The molecule has 2 heterocycles. The minimum Gasteiger partial charge on any atom is -0.478 e. The molecule has 2 aromatic carbocycles.